The average molecular weight is 140 g/mol. The van der Waals surface area contributed by atoms with Crippen molar-refractivity contribution in [1.82, 2.24) is 0 Å². The Bertz CT molecular complexity index is 23.7. The van der Waals surface area contributed by atoms with E-state index in [1.54, 1.807) is 0 Å². The van der Waals surface area contributed by atoms with Gasteiger partial charge in [0.25, 0.3) is 0 Å². The molecule has 0 nitrogen and oxygen atoms in total. The summed E-state index contributed by atoms with van der Waals surface area (Å²) in [5.41, 5.74) is 0. The SMILES string of the molecule is CC.CCCC.[B]B(C)C. The molecule has 0 unspecified atom stereocenters. The molecule has 0 amide bonds. The van der Waals surface area contributed by atoms with E-state index in [-0.39, 0.29) is 0 Å². The summed E-state index contributed by atoms with van der Waals surface area (Å²) in [5, 5.41) is 0. The van der Waals surface area contributed by atoms with Crippen LogP contribution in [0, 0.1) is 0 Å². The molecule has 0 aliphatic heterocycles. The number of rotatable bonds is 1. The van der Waals surface area contributed by atoms with Gasteiger partial charge in [0.1, 0.15) is 0 Å². The molecule has 0 atom stereocenters. The van der Waals surface area contributed by atoms with Gasteiger partial charge in [-0.1, -0.05) is 54.2 Å². The first-order valence-corrected chi connectivity index (χ1v) is 4.40. The van der Waals surface area contributed by atoms with Crippen molar-refractivity contribution in [2.45, 2.75) is 54.2 Å². The van der Waals surface area contributed by atoms with Gasteiger partial charge in [-0.15, -0.1) is 0 Å². The summed E-state index contributed by atoms with van der Waals surface area (Å²) in [6.45, 7) is 12.6. The zero-order valence-electron chi connectivity index (χ0n) is 8.57. The van der Waals surface area contributed by atoms with Gasteiger partial charge in [0.15, 0.2) is 0 Å². The largest absolute Gasteiger partial charge is 0.0937 e. The Kier molecular flexibility index (Phi) is 38.1. The molecule has 60 valence electrons. The molecule has 0 aliphatic rings. The van der Waals surface area contributed by atoms with Crippen LogP contribution in [0.5, 0.6) is 0 Å². The quantitative estimate of drug-likeness (QED) is 0.490. The molecular weight excluding hydrogens is 118 g/mol. The predicted molar refractivity (Wildman–Crippen MR) is 55.2 cm³/mol. The summed E-state index contributed by atoms with van der Waals surface area (Å²) in [4.78, 5) is 0. The fraction of sp³-hybridized carbons (Fsp3) is 1.00. The summed E-state index contributed by atoms with van der Waals surface area (Å²) in [5.74, 6) is 0. The fourth-order valence-electron chi connectivity index (χ4n) is 0. The Hall–Kier alpha value is 0.130. The smallest absolute Gasteiger partial charge is 0.0836 e. The van der Waals surface area contributed by atoms with E-state index >= 15 is 0 Å². The van der Waals surface area contributed by atoms with Crippen LogP contribution in [0.15, 0.2) is 0 Å². The highest BCUT2D eigenvalue weighted by atomic mass is 13.6. The summed E-state index contributed by atoms with van der Waals surface area (Å²) in [7, 11) is 5.11. The molecule has 2 radical (unpaired) electrons. The monoisotopic (exact) mass is 140 g/mol. The Labute approximate surface area is 69.3 Å². The van der Waals surface area contributed by atoms with Gasteiger partial charge in [-0.2, -0.15) is 0 Å². The van der Waals surface area contributed by atoms with Gasteiger partial charge < -0.3 is 0 Å². The Morgan fingerprint density at radius 3 is 1.10 bits per heavy atom. The lowest BCUT2D eigenvalue weighted by Gasteiger charge is -1.72. The number of unbranched alkanes of at least 4 members (excludes halogenated alkanes) is 1. The molecular formula is C8H22B2. The Morgan fingerprint density at radius 1 is 1.00 bits per heavy atom. The molecule has 0 aliphatic carbocycles. The van der Waals surface area contributed by atoms with Gasteiger partial charge in [0.05, 0.1) is 6.60 Å². The van der Waals surface area contributed by atoms with Crippen molar-refractivity contribution in [3.63, 3.8) is 0 Å². The van der Waals surface area contributed by atoms with E-state index in [4.69, 9.17) is 7.74 Å². The first-order chi connectivity index (χ1) is 4.65. The Morgan fingerprint density at radius 2 is 1.10 bits per heavy atom. The molecule has 2 heteroatoms. The number of hydrogen-bond donors (Lipinski definition) is 0. The van der Waals surface area contributed by atoms with Crippen molar-refractivity contribution in [2.75, 3.05) is 0 Å². The van der Waals surface area contributed by atoms with Gasteiger partial charge >= 0.3 is 0 Å². The van der Waals surface area contributed by atoms with Crippen LogP contribution in [0.2, 0.25) is 13.6 Å². The minimum atomic E-state index is 0.333. The summed E-state index contributed by atoms with van der Waals surface area (Å²) < 4.78 is 0. The van der Waals surface area contributed by atoms with Crippen molar-refractivity contribution in [1.29, 1.82) is 0 Å². The predicted octanol–water partition coefficient (Wildman–Crippen LogP) is 3.24. The topological polar surface area (TPSA) is 0 Å². The summed E-state index contributed by atoms with van der Waals surface area (Å²) in [6.07, 6.45) is 2.64. The van der Waals surface area contributed by atoms with E-state index in [9.17, 15) is 0 Å². The fourth-order valence-corrected chi connectivity index (χ4v) is 0. The molecule has 0 saturated carbocycles. The van der Waals surface area contributed by atoms with E-state index < -0.39 is 0 Å². The van der Waals surface area contributed by atoms with Crippen LogP contribution in [0.4, 0.5) is 0 Å². The van der Waals surface area contributed by atoms with Crippen molar-refractivity contribution in [3.05, 3.63) is 0 Å². The molecule has 0 rings (SSSR count). The van der Waals surface area contributed by atoms with Crippen molar-refractivity contribution >= 4 is 14.3 Å². The van der Waals surface area contributed by atoms with E-state index in [1.165, 1.54) is 12.8 Å². The molecule has 0 aromatic heterocycles. The molecule has 0 fully saturated rings. The molecule has 0 bridgehead atoms. The standard InChI is InChI=1S/C4H10.C2H6B2.C2H6/c1-3-4-2;1-4(2)3;1-2/h3-4H2,1-2H3;1-2H3;1-2H3. The lowest BCUT2D eigenvalue weighted by molar-refractivity contribution is 0.886. The van der Waals surface area contributed by atoms with E-state index in [1.807, 2.05) is 27.5 Å². The zero-order valence-corrected chi connectivity index (χ0v) is 8.57. The molecule has 0 N–H and O–H groups in total. The van der Waals surface area contributed by atoms with Gasteiger partial charge in [0.2, 0.25) is 0 Å². The molecule has 0 aromatic rings. The first kappa shape index (κ1) is 16.6. The maximum atomic E-state index is 5.11. The lowest BCUT2D eigenvalue weighted by atomic mass is 9.37. The van der Waals surface area contributed by atoms with Gasteiger partial charge in [0, 0.05) is 7.74 Å². The van der Waals surface area contributed by atoms with Crippen LogP contribution in [0.25, 0.3) is 0 Å². The van der Waals surface area contributed by atoms with Crippen molar-refractivity contribution in [2.24, 2.45) is 0 Å². The molecule has 0 heterocycles. The second-order valence-electron chi connectivity index (χ2n) is 2.24. The van der Waals surface area contributed by atoms with Crippen LogP contribution in [0.1, 0.15) is 40.5 Å². The Balaban J connectivity index is -0.0000000787. The third kappa shape index (κ3) is 324. The normalized spacial score (nSPS) is 6.20. The van der Waals surface area contributed by atoms with Crippen LogP contribution >= 0.6 is 0 Å². The first-order valence-electron chi connectivity index (χ1n) is 4.40. The highest BCUT2D eigenvalue weighted by Gasteiger charge is 1.75. The summed E-state index contributed by atoms with van der Waals surface area (Å²) in [6, 6.07) is 0. The minimum Gasteiger partial charge on any atom is -0.0937 e. The zero-order chi connectivity index (χ0) is 8.99. The molecule has 0 aromatic carbocycles. The van der Waals surface area contributed by atoms with Crippen molar-refractivity contribution < 1.29 is 0 Å². The van der Waals surface area contributed by atoms with E-state index in [0.29, 0.717) is 6.60 Å². The van der Waals surface area contributed by atoms with Crippen LogP contribution < -0.4 is 0 Å². The molecule has 0 saturated heterocycles. The maximum Gasteiger partial charge on any atom is 0.0836 e. The van der Waals surface area contributed by atoms with Gasteiger partial charge in [-0.05, 0) is 0 Å². The third-order valence-corrected chi connectivity index (χ3v) is 0.500. The second-order valence-corrected chi connectivity index (χ2v) is 2.24. The molecule has 0 spiro atoms. The highest BCUT2D eigenvalue weighted by Crippen LogP contribution is 1.76. The van der Waals surface area contributed by atoms with Gasteiger partial charge in [-0.25, -0.2) is 0 Å². The van der Waals surface area contributed by atoms with Gasteiger partial charge in [-0.3, -0.25) is 0 Å². The minimum absolute atomic E-state index is 0.333. The lowest BCUT2D eigenvalue weighted by Crippen LogP contribution is -1.94. The van der Waals surface area contributed by atoms with Crippen molar-refractivity contribution in [3.8, 4) is 0 Å². The highest BCUT2D eigenvalue weighted by molar-refractivity contribution is 7.01. The summed E-state index contributed by atoms with van der Waals surface area (Å²) >= 11 is 0. The average Bonchev–Trinajstić information content (AvgIpc) is 1.91. The number of hydrogen-bond acceptors (Lipinski definition) is 0. The molecule has 10 heavy (non-hydrogen) atoms. The van der Waals surface area contributed by atoms with Crippen LogP contribution in [0.3, 0.4) is 0 Å². The maximum absolute atomic E-state index is 5.11. The van der Waals surface area contributed by atoms with E-state index in [0.717, 1.165) is 0 Å². The third-order valence-electron chi connectivity index (χ3n) is 0.500. The second kappa shape index (κ2) is 22.9. The van der Waals surface area contributed by atoms with E-state index in [2.05, 4.69) is 13.8 Å². The van der Waals surface area contributed by atoms with Crippen LogP contribution in [-0.4, -0.2) is 14.3 Å². The van der Waals surface area contributed by atoms with Crippen LogP contribution in [-0.2, 0) is 0 Å².